The van der Waals surface area contributed by atoms with Crippen LogP contribution in [0.5, 0.6) is 17.2 Å². The lowest BCUT2D eigenvalue weighted by Gasteiger charge is -2.19. The molecule has 30 heavy (non-hydrogen) atoms. The van der Waals surface area contributed by atoms with E-state index in [1.54, 1.807) is 31.2 Å². The van der Waals surface area contributed by atoms with Crippen LogP contribution in [0.15, 0.2) is 46.0 Å². The summed E-state index contributed by atoms with van der Waals surface area (Å²) in [7, 11) is 0. The van der Waals surface area contributed by atoms with Gasteiger partial charge in [-0.05, 0) is 49.7 Å². The molecule has 0 saturated carbocycles. The number of hydrogen-bond acceptors (Lipinski definition) is 6. The Morgan fingerprint density at radius 3 is 2.63 bits per heavy atom. The van der Waals surface area contributed by atoms with E-state index in [0.717, 1.165) is 10.0 Å². The number of nitrogens with zero attached hydrogens (tertiary/aromatic N) is 1. The lowest BCUT2D eigenvalue weighted by molar-refractivity contribution is -0.123. The highest BCUT2D eigenvalue weighted by Gasteiger charge is 2.13. The number of hydrogen-bond donors (Lipinski definition) is 2. The van der Waals surface area contributed by atoms with Crippen molar-refractivity contribution in [2.45, 2.75) is 20.3 Å². The average molecular weight is 476 g/mol. The topological polar surface area (TPSA) is 98.3 Å². The van der Waals surface area contributed by atoms with E-state index in [-0.39, 0.29) is 18.9 Å². The van der Waals surface area contributed by atoms with E-state index in [1.807, 2.05) is 19.1 Å². The number of anilines is 1. The van der Waals surface area contributed by atoms with Gasteiger partial charge in [0.1, 0.15) is 19.0 Å². The van der Waals surface area contributed by atoms with E-state index in [2.05, 4.69) is 31.8 Å². The number of hydrazone groups is 1. The summed E-state index contributed by atoms with van der Waals surface area (Å²) in [5.74, 6) is 1.16. The maximum absolute atomic E-state index is 12.2. The second kappa shape index (κ2) is 10.1. The standard InChI is InChI=1S/C21H22BrN3O5/c1-13-9-16(4-5-17(13)22)30-12-21(27)25-24-14(2)10-20(26)23-15-3-6-18-19(11-15)29-8-7-28-18/h3-6,9,11H,7-8,10,12H2,1-2H3,(H,23,26)(H,25,27). The number of carbonyl (C=O) groups is 2. The van der Waals surface area contributed by atoms with Gasteiger partial charge >= 0.3 is 0 Å². The van der Waals surface area contributed by atoms with Crippen molar-refractivity contribution < 1.29 is 23.8 Å². The molecule has 0 aromatic heterocycles. The second-order valence-corrected chi connectivity index (χ2v) is 7.52. The number of halogens is 1. The lowest BCUT2D eigenvalue weighted by atomic mass is 10.2. The summed E-state index contributed by atoms with van der Waals surface area (Å²) in [6.07, 6.45) is 0.0293. The van der Waals surface area contributed by atoms with Gasteiger partial charge in [-0.15, -0.1) is 0 Å². The van der Waals surface area contributed by atoms with Crippen molar-refractivity contribution in [1.29, 1.82) is 0 Å². The maximum atomic E-state index is 12.2. The van der Waals surface area contributed by atoms with Crippen LogP contribution in [0.1, 0.15) is 18.9 Å². The third-order valence-electron chi connectivity index (χ3n) is 4.11. The van der Waals surface area contributed by atoms with Gasteiger partial charge in [0.15, 0.2) is 18.1 Å². The molecule has 1 aliphatic heterocycles. The number of fused-ring (bicyclic) bond motifs is 1. The largest absolute Gasteiger partial charge is 0.486 e. The van der Waals surface area contributed by atoms with Crippen LogP contribution >= 0.6 is 15.9 Å². The first-order valence-electron chi connectivity index (χ1n) is 9.31. The molecule has 8 nitrogen and oxygen atoms in total. The molecule has 0 fully saturated rings. The summed E-state index contributed by atoms with van der Waals surface area (Å²) in [5, 5.41) is 6.71. The first kappa shape index (κ1) is 21.6. The number of aryl methyl sites for hydroxylation is 1. The Bertz CT molecular complexity index is 977. The van der Waals surface area contributed by atoms with Crippen molar-refractivity contribution in [2.75, 3.05) is 25.1 Å². The highest BCUT2D eigenvalue weighted by atomic mass is 79.9. The molecule has 158 valence electrons. The van der Waals surface area contributed by atoms with Crippen molar-refractivity contribution in [3.8, 4) is 17.2 Å². The predicted molar refractivity (Wildman–Crippen MR) is 116 cm³/mol. The van der Waals surface area contributed by atoms with Gasteiger partial charge in [-0.3, -0.25) is 9.59 Å². The normalized spacial score (nSPS) is 12.8. The molecule has 2 amide bonds. The Morgan fingerprint density at radius 1 is 1.10 bits per heavy atom. The van der Waals surface area contributed by atoms with E-state index >= 15 is 0 Å². The number of benzene rings is 2. The summed E-state index contributed by atoms with van der Waals surface area (Å²) in [6, 6.07) is 10.6. The fourth-order valence-electron chi connectivity index (χ4n) is 2.64. The molecule has 0 radical (unpaired) electrons. The van der Waals surface area contributed by atoms with Crippen molar-refractivity contribution in [2.24, 2.45) is 5.10 Å². The minimum Gasteiger partial charge on any atom is -0.486 e. The molecule has 3 rings (SSSR count). The van der Waals surface area contributed by atoms with Gasteiger partial charge in [0.25, 0.3) is 5.91 Å². The summed E-state index contributed by atoms with van der Waals surface area (Å²) in [5.41, 5.74) is 4.45. The van der Waals surface area contributed by atoms with Gasteiger partial charge in [0.2, 0.25) is 5.91 Å². The van der Waals surface area contributed by atoms with E-state index in [4.69, 9.17) is 14.2 Å². The molecular formula is C21H22BrN3O5. The fourth-order valence-corrected chi connectivity index (χ4v) is 2.89. The Balaban J connectivity index is 1.44. The zero-order valence-electron chi connectivity index (χ0n) is 16.7. The molecule has 1 aliphatic rings. The molecule has 9 heteroatoms. The Morgan fingerprint density at radius 2 is 1.87 bits per heavy atom. The van der Waals surface area contributed by atoms with E-state index in [9.17, 15) is 9.59 Å². The van der Waals surface area contributed by atoms with Gasteiger partial charge in [-0.25, -0.2) is 5.43 Å². The van der Waals surface area contributed by atoms with Crippen molar-refractivity contribution in [1.82, 2.24) is 5.43 Å². The van der Waals surface area contributed by atoms with E-state index < -0.39 is 5.91 Å². The quantitative estimate of drug-likeness (QED) is 0.472. The van der Waals surface area contributed by atoms with Gasteiger partial charge in [-0.2, -0.15) is 5.10 Å². The number of nitrogens with one attached hydrogen (secondary N) is 2. The molecule has 2 aromatic carbocycles. The van der Waals surface area contributed by atoms with E-state index in [1.165, 1.54) is 0 Å². The molecule has 2 aromatic rings. The molecule has 0 atom stereocenters. The highest BCUT2D eigenvalue weighted by Crippen LogP contribution is 2.32. The summed E-state index contributed by atoms with van der Waals surface area (Å²) < 4.78 is 17.4. The number of ether oxygens (including phenoxy) is 3. The molecule has 0 aliphatic carbocycles. The summed E-state index contributed by atoms with van der Waals surface area (Å²) >= 11 is 3.41. The van der Waals surface area contributed by atoms with Crippen molar-refractivity contribution >= 4 is 39.1 Å². The predicted octanol–water partition coefficient (Wildman–Crippen LogP) is 3.43. The third kappa shape index (κ3) is 6.21. The lowest BCUT2D eigenvalue weighted by Crippen LogP contribution is -2.26. The third-order valence-corrected chi connectivity index (χ3v) is 5.00. The molecule has 1 heterocycles. The monoisotopic (exact) mass is 475 g/mol. The number of rotatable bonds is 7. The van der Waals surface area contributed by atoms with Gasteiger partial charge in [-0.1, -0.05) is 15.9 Å². The molecule has 2 N–H and O–H groups in total. The first-order valence-corrected chi connectivity index (χ1v) is 10.1. The second-order valence-electron chi connectivity index (χ2n) is 6.67. The zero-order chi connectivity index (χ0) is 21.5. The minimum absolute atomic E-state index is 0.0293. The van der Waals surface area contributed by atoms with Gasteiger partial charge < -0.3 is 19.5 Å². The van der Waals surface area contributed by atoms with Crippen LogP contribution in [0, 0.1) is 6.92 Å². The fraction of sp³-hybridized carbons (Fsp3) is 0.286. The zero-order valence-corrected chi connectivity index (χ0v) is 18.2. The summed E-state index contributed by atoms with van der Waals surface area (Å²) in [6.45, 7) is 4.39. The molecule has 0 bridgehead atoms. The Hall–Kier alpha value is -3.07. The van der Waals surface area contributed by atoms with Crippen LogP contribution in [0.3, 0.4) is 0 Å². The SMILES string of the molecule is CC(CC(=O)Nc1ccc2c(c1)OCCO2)=NNC(=O)COc1ccc(Br)c(C)c1. The van der Waals surface area contributed by atoms with Gasteiger partial charge in [0.05, 0.1) is 6.42 Å². The average Bonchev–Trinajstić information content (AvgIpc) is 2.73. The van der Waals surface area contributed by atoms with Crippen LogP contribution in [0.2, 0.25) is 0 Å². The van der Waals surface area contributed by atoms with E-state index in [0.29, 0.717) is 41.9 Å². The first-order chi connectivity index (χ1) is 14.4. The Labute approximate surface area is 182 Å². The van der Waals surface area contributed by atoms with Crippen LogP contribution in [-0.2, 0) is 9.59 Å². The molecule has 0 unspecified atom stereocenters. The number of carbonyl (C=O) groups excluding carboxylic acids is 2. The highest BCUT2D eigenvalue weighted by molar-refractivity contribution is 9.10. The van der Waals surface area contributed by atoms with Crippen molar-refractivity contribution in [3.05, 3.63) is 46.4 Å². The maximum Gasteiger partial charge on any atom is 0.277 e. The Kier molecular flexibility index (Phi) is 7.29. The van der Waals surface area contributed by atoms with Crippen molar-refractivity contribution in [3.63, 3.8) is 0 Å². The number of amides is 2. The minimum atomic E-state index is -0.415. The molecular weight excluding hydrogens is 454 g/mol. The van der Waals surface area contributed by atoms with Gasteiger partial charge in [0, 0.05) is 21.9 Å². The van der Waals surface area contributed by atoms with Crippen LogP contribution in [-0.4, -0.2) is 37.3 Å². The smallest absolute Gasteiger partial charge is 0.277 e. The van der Waals surface area contributed by atoms with Crippen LogP contribution < -0.4 is 25.0 Å². The summed E-state index contributed by atoms with van der Waals surface area (Å²) in [4.78, 5) is 24.1. The van der Waals surface area contributed by atoms with Crippen LogP contribution in [0.4, 0.5) is 5.69 Å². The molecule has 0 spiro atoms. The molecule has 0 saturated heterocycles. The van der Waals surface area contributed by atoms with Crippen LogP contribution in [0.25, 0.3) is 0 Å².